The van der Waals surface area contributed by atoms with Crippen molar-refractivity contribution in [1.82, 2.24) is 5.32 Å². The van der Waals surface area contributed by atoms with Crippen LogP contribution in [0.1, 0.15) is 18.2 Å². The molecule has 1 atom stereocenters. The smallest absolute Gasteiger partial charge is 0.0480 e. The maximum Gasteiger partial charge on any atom is 0.0480 e. The van der Waals surface area contributed by atoms with Gasteiger partial charge in [-0.1, -0.05) is 0 Å². The Morgan fingerprint density at radius 3 is 2.93 bits per heavy atom. The molecule has 86 valence electrons. The van der Waals surface area contributed by atoms with Gasteiger partial charge in [0.05, 0.1) is 0 Å². The first kappa shape index (κ1) is 13.2. The summed E-state index contributed by atoms with van der Waals surface area (Å²) in [6.45, 7) is 3.68. The highest BCUT2D eigenvalue weighted by Crippen LogP contribution is 2.21. The predicted molar refractivity (Wildman–Crippen MR) is 69.7 cm³/mol. The van der Waals surface area contributed by atoms with Crippen molar-refractivity contribution >= 4 is 27.3 Å². The Morgan fingerprint density at radius 2 is 2.40 bits per heavy atom. The fourth-order valence-corrected chi connectivity index (χ4v) is 2.95. The number of thiophene rings is 1. The van der Waals surface area contributed by atoms with E-state index in [4.69, 9.17) is 4.74 Å². The molecule has 0 amide bonds. The summed E-state index contributed by atoms with van der Waals surface area (Å²) in [4.78, 5) is 1.41. The maximum absolute atomic E-state index is 5.36. The van der Waals surface area contributed by atoms with Crippen molar-refractivity contribution < 1.29 is 4.74 Å². The summed E-state index contributed by atoms with van der Waals surface area (Å²) in [6.07, 6.45) is 2.15. The number of halogens is 1. The van der Waals surface area contributed by atoms with Gasteiger partial charge < -0.3 is 10.1 Å². The molecule has 0 bridgehead atoms. The van der Waals surface area contributed by atoms with Gasteiger partial charge in [-0.3, -0.25) is 0 Å². The standard InChI is InChI=1S/C11H18BrNOS/c1-3-14-5-4-10(13-2)7-11-6-9(12)8-15-11/h6,8,10,13H,3-5,7H2,1-2H3. The first-order valence-corrected chi connectivity index (χ1v) is 6.91. The Bertz CT molecular complexity index is 277. The highest BCUT2D eigenvalue weighted by atomic mass is 79.9. The largest absolute Gasteiger partial charge is 0.382 e. The van der Waals surface area contributed by atoms with Crippen LogP contribution in [0.3, 0.4) is 0 Å². The summed E-state index contributed by atoms with van der Waals surface area (Å²) in [5.74, 6) is 0. The molecule has 0 aliphatic rings. The van der Waals surface area contributed by atoms with Crippen molar-refractivity contribution in [3.8, 4) is 0 Å². The zero-order valence-electron chi connectivity index (χ0n) is 9.25. The zero-order chi connectivity index (χ0) is 11.1. The molecule has 0 fully saturated rings. The van der Waals surface area contributed by atoms with Crippen molar-refractivity contribution in [2.45, 2.75) is 25.8 Å². The second kappa shape index (κ2) is 7.39. The molecule has 1 aromatic heterocycles. The van der Waals surface area contributed by atoms with Gasteiger partial charge >= 0.3 is 0 Å². The van der Waals surface area contributed by atoms with Crippen molar-refractivity contribution in [2.75, 3.05) is 20.3 Å². The number of likely N-dealkylation sites (N-methyl/N-ethyl adjacent to an activating group) is 1. The minimum Gasteiger partial charge on any atom is -0.382 e. The lowest BCUT2D eigenvalue weighted by Gasteiger charge is -2.14. The van der Waals surface area contributed by atoms with Crippen molar-refractivity contribution in [3.05, 3.63) is 20.8 Å². The SMILES string of the molecule is CCOCCC(Cc1cc(Br)cs1)NC. The van der Waals surface area contributed by atoms with Gasteiger partial charge in [0.15, 0.2) is 0 Å². The van der Waals surface area contributed by atoms with Crippen LogP contribution in [0.4, 0.5) is 0 Å². The first-order valence-electron chi connectivity index (χ1n) is 5.24. The third kappa shape index (κ3) is 5.11. The molecule has 1 heterocycles. The highest BCUT2D eigenvalue weighted by molar-refractivity contribution is 9.10. The molecule has 1 unspecified atom stereocenters. The minimum atomic E-state index is 0.516. The Kier molecular flexibility index (Phi) is 6.48. The van der Waals surface area contributed by atoms with E-state index in [0.29, 0.717) is 6.04 Å². The fourth-order valence-electron chi connectivity index (χ4n) is 1.42. The molecule has 0 saturated carbocycles. The zero-order valence-corrected chi connectivity index (χ0v) is 11.7. The Morgan fingerprint density at radius 1 is 1.60 bits per heavy atom. The Labute approximate surface area is 104 Å². The summed E-state index contributed by atoms with van der Waals surface area (Å²) >= 11 is 5.28. The van der Waals surface area contributed by atoms with Gasteiger partial charge in [-0.2, -0.15) is 0 Å². The van der Waals surface area contributed by atoms with Crippen molar-refractivity contribution in [2.24, 2.45) is 0 Å². The van der Waals surface area contributed by atoms with Crippen LogP contribution in [0.15, 0.2) is 15.9 Å². The third-order valence-corrected chi connectivity index (χ3v) is 4.01. The van der Waals surface area contributed by atoms with Gasteiger partial charge in [-0.05, 0) is 48.8 Å². The lowest BCUT2D eigenvalue weighted by atomic mass is 10.1. The van der Waals surface area contributed by atoms with Gasteiger partial charge in [0.25, 0.3) is 0 Å². The van der Waals surface area contributed by atoms with E-state index in [1.165, 1.54) is 9.35 Å². The Balaban J connectivity index is 2.33. The molecule has 1 N–H and O–H groups in total. The van der Waals surface area contributed by atoms with Crippen LogP contribution in [-0.2, 0) is 11.2 Å². The van der Waals surface area contributed by atoms with Crippen LogP contribution in [0.2, 0.25) is 0 Å². The quantitative estimate of drug-likeness (QED) is 0.780. The van der Waals surface area contributed by atoms with Crippen LogP contribution in [0.5, 0.6) is 0 Å². The number of nitrogens with one attached hydrogen (secondary N) is 1. The number of hydrogen-bond acceptors (Lipinski definition) is 3. The minimum absolute atomic E-state index is 0.516. The summed E-state index contributed by atoms with van der Waals surface area (Å²) < 4.78 is 6.55. The predicted octanol–water partition coefficient (Wildman–Crippen LogP) is 3.07. The van der Waals surface area contributed by atoms with Gasteiger partial charge in [0.1, 0.15) is 0 Å². The van der Waals surface area contributed by atoms with E-state index in [0.717, 1.165) is 26.1 Å². The van der Waals surface area contributed by atoms with E-state index >= 15 is 0 Å². The van der Waals surface area contributed by atoms with Crippen LogP contribution >= 0.6 is 27.3 Å². The lowest BCUT2D eigenvalue weighted by Crippen LogP contribution is -2.28. The molecule has 0 spiro atoms. The molecule has 15 heavy (non-hydrogen) atoms. The van der Waals surface area contributed by atoms with Gasteiger partial charge in [-0.25, -0.2) is 0 Å². The number of hydrogen-bond donors (Lipinski definition) is 1. The number of rotatable bonds is 7. The van der Waals surface area contributed by atoms with E-state index in [-0.39, 0.29) is 0 Å². The average Bonchev–Trinajstić information content (AvgIpc) is 2.63. The molecular formula is C11H18BrNOS. The van der Waals surface area contributed by atoms with E-state index in [1.54, 1.807) is 11.3 Å². The van der Waals surface area contributed by atoms with E-state index in [2.05, 4.69) is 32.7 Å². The van der Waals surface area contributed by atoms with Gasteiger partial charge in [0, 0.05) is 34.0 Å². The molecule has 0 aliphatic heterocycles. The van der Waals surface area contributed by atoms with Crippen LogP contribution in [0, 0.1) is 0 Å². The summed E-state index contributed by atoms with van der Waals surface area (Å²) in [5, 5.41) is 5.46. The van der Waals surface area contributed by atoms with Gasteiger partial charge in [0.2, 0.25) is 0 Å². The van der Waals surface area contributed by atoms with E-state index < -0.39 is 0 Å². The van der Waals surface area contributed by atoms with E-state index in [9.17, 15) is 0 Å². The molecule has 0 aromatic carbocycles. The third-order valence-electron chi connectivity index (χ3n) is 2.29. The second-order valence-corrected chi connectivity index (χ2v) is 5.32. The van der Waals surface area contributed by atoms with Crippen LogP contribution < -0.4 is 5.32 Å². The summed E-state index contributed by atoms with van der Waals surface area (Å²) in [5.41, 5.74) is 0. The monoisotopic (exact) mass is 291 g/mol. The normalized spacial score (nSPS) is 13.0. The lowest BCUT2D eigenvalue weighted by molar-refractivity contribution is 0.137. The molecule has 0 aliphatic carbocycles. The first-order chi connectivity index (χ1) is 7.26. The summed E-state index contributed by atoms with van der Waals surface area (Å²) in [6, 6.07) is 2.71. The van der Waals surface area contributed by atoms with Gasteiger partial charge in [-0.15, -0.1) is 11.3 Å². The topological polar surface area (TPSA) is 21.3 Å². The maximum atomic E-state index is 5.36. The van der Waals surface area contributed by atoms with Crippen LogP contribution in [0.25, 0.3) is 0 Å². The van der Waals surface area contributed by atoms with Crippen molar-refractivity contribution in [3.63, 3.8) is 0 Å². The molecule has 0 radical (unpaired) electrons. The van der Waals surface area contributed by atoms with Crippen molar-refractivity contribution in [1.29, 1.82) is 0 Å². The highest BCUT2D eigenvalue weighted by Gasteiger charge is 2.08. The molecular weight excluding hydrogens is 274 g/mol. The molecule has 0 saturated heterocycles. The number of ether oxygens (including phenoxy) is 1. The molecule has 2 nitrogen and oxygen atoms in total. The average molecular weight is 292 g/mol. The van der Waals surface area contributed by atoms with E-state index in [1.807, 2.05) is 14.0 Å². The molecule has 4 heteroatoms. The van der Waals surface area contributed by atoms with Crippen LogP contribution in [-0.4, -0.2) is 26.3 Å². The molecule has 1 rings (SSSR count). The Hall–Kier alpha value is 0.1000. The fraction of sp³-hybridized carbons (Fsp3) is 0.636. The molecule has 1 aromatic rings. The second-order valence-electron chi connectivity index (χ2n) is 3.41. The summed E-state index contributed by atoms with van der Waals surface area (Å²) in [7, 11) is 2.01.